The number of aryl methyl sites for hydroxylation is 1. The van der Waals surface area contributed by atoms with Crippen molar-refractivity contribution < 1.29 is 9.63 Å². The molecule has 0 unspecified atom stereocenters. The van der Waals surface area contributed by atoms with Gasteiger partial charge in [0.1, 0.15) is 5.82 Å². The van der Waals surface area contributed by atoms with Gasteiger partial charge in [0.25, 0.3) is 5.89 Å². The van der Waals surface area contributed by atoms with Crippen molar-refractivity contribution in [3.05, 3.63) is 41.6 Å². The van der Waals surface area contributed by atoms with Crippen molar-refractivity contribution in [2.45, 2.75) is 26.6 Å². The molecule has 118 valence electrons. The van der Waals surface area contributed by atoms with Gasteiger partial charge in [-0.1, -0.05) is 5.16 Å². The Bertz CT molecular complexity index is 823. The Hall–Kier alpha value is -2.74. The molecule has 0 spiro atoms. The number of nitrogens with zero attached hydrogens (tertiary/aromatic N) is 6. The smallest absolute Gasteiger partial charge is 0.259 e. The average Bonchev–Trinajstić information content (AvgIpc) is 3.25. The Morgan fingerprint density at radius 2 is 2.17 bits per heavy atom. The molecule has 4 heterocycles. The Morgan fingerprint density at radius 1 is 1.26 bits per heavy atom. The van der Waals surface area contributed by atoms with Crippen molar-refractivity contribution in [2.75, 3.05) is 11.5 Å². The molecule has 1 aliphatic heterocycles. The maximum atomic E-state index is 9.09. The van der Waals surface area contributed by atoms with Crippen LogP contribution in [-0.4, -0.2) is 36.6 Å². The van der Waals surface area contributed by atoms with Gasteiger partial charge in [0.15, 0.2) is 5.82 Å². The van der Waals surface area contributed by atoms with Crippen LogP contribution in [0.15, 0.2) is 29.0 Å². The molecule has 8 nitrogen and oxygen atoms in total. The Kier molecular flexibility index (Phi) is 3.30. The first kappa shape index (κ1) is 13.9. The second kappa shape index (κ2) is 5.47. The standard InChI is InChI=1S/C15H16N6O2/c1-10-18-15(23-19-10)11-2-3-14(16-6-11)20-8-12-7-17-21(4-5-22)13(12)9-20/h2-3,6-7,22H,4-5,8-9H2,1H3. The van der Waals surface area contributed by atoms with E-state index in [0.29, 0.717) is 18.3 Å². The lowest BCUT2D eigenvalue weighted by atomic mass is 10.3. The molecule has 0 saturated carbocycles. The van der Waals surface area contributed by atoms with Crippen molar-refractivity contribution in [3.63, 3.8) is 0 Å². The van der Waals surface area contributed by atoms with E-state index < -0.39 is 0 Å². The van der Waals surface area contributed by atoms with E-state index in [9.17, 15) is 0 Å². The number of pyridine rings is 1. The molecule has 3 aromatic heterocycles. The molecule has 4 rings (SSSR count). The third kappa shape index (κ3) is 2.46. The summed E-state index contributed by atoms with van der Waals surface area (Å²) < 4.78 is 7.00. The minimum atomic E-state index is 0.0880. The van der Waals surface area contributed by atoms with E-state index in [-0.39, 0.29) is 6.61 Å². The average molecular weight is 312 g/mol. The Labute approximate surface area is 132 Å². The largest absolute Gasteiger partial charge is 0.394 e. The molecule has 0 radical (unpaired) electrons. The van der Waals surface area contributed by atoms with Crippen LogP contribution in [0.2, 0.25) is 0 Å². The summed E-state index contributed by atoms with van der Waals surface area (Å²) in [5.74, 6) is 1.97. The normalized spacial score (nSPS) is 13.6. The van der Waals surface area contributed by atoms with Crippen molar-refractivity contribution in [1.29, 1.82) is 0 Å². The van der Waals surface area contributed by atoms with Gasteiger partial charge in [-0.25, -0.2) is 4.98 Å². The van der Waals surface area contributed by atoms with Gasteiger partial charge in [-0.3, -0.25) is 4.68 Å². The summed E-state index contributed by atoms with van der Waals surface area (Å²) in [6, 6.07) is 3.88. The van der Waals surface area contributed by atoms with Crippen LogP contribution in [0, 0.1) is 6.92 Å². The molecule has 0 atom stereocenters. The first-order valence-corrected chi connectivity index (χ1v) is 7.40. The molecule has 0 fully saturated rings. The van der Waals surface area contributed by atoms with E-state index in [1.54, 1.807) is 13.1 Å². The summed E-state index contributed by atoms with van der Waals surface area (Å²) in [4.78, 5) is 10.9. The second-order valence-corrected chi connectivity index (χ2v) is 5.47. The van der Waals surface area contributed by atoms with E-state index in [1.165, 1.54) is 5.56 Å². The Balaban J connectivity index is 1.53. The zero-order valence-corrected chi connectivity index (χ0v) is 12.7. The molecule has 0 aliphatic carbocycles. The number of aliphatic hydroxyl groups excluding tert-OH is 1. The van der Waals surface area contributed by atoms with Crippen LogP contribution in [0.4, 0.5) is 5.82 Å². The highest BCUT2D eigenvalue weighted by molar-refractivity contribution is 5.55. The fourth-order valence-corrected chi connectivity index (χ4v) is 2.77. The highest BCUT2D eigenvalue weighted by Crippen LogP contribution is 2.28. The van der Waals surface area contributed by atoms with Crippen LogP contribution >= 0.6 is 0 Å². The zero-order valence-electron chi connectivity index (χ0n) is 12.7. The monoisotopic (exact) mass is 312 g/mol. The molecule has 0 aromatic carbocycles. The molecule has 3 aromatic rings. The lowest BCUT2D eigenvalue weighted by Crippen LogP contribution is -2.18. The lowest BCUT2D eigenvalue weighted by molar-refractivity contribution is 0.267. The predicted octanol–water partition coefficient (Wildman–Crippen LogP) is 1.15. The number of hydrogen-bond acceptors (Lipinski definition) is 7. The van der Waals surface area contributed by atoms with Crippen molar-refractivity contribution in [3.8, 4) is 11.5 Å². The number of anilines is 1. The molecule has 1 N–H and O–H groups in total. The minimum Gasteiger partial charge on any atom is -0.394 e. The number of fused-ring (bicyclic) bond motifs is 1. The summed E-state index contributed by atoms with van der Waals surface area (Å²) >= 11 is 0. The van der Waals surface area contributed by atoms with Crippen molar-refractivity contribution in [1.82, 2.24) is 24.9 Å². The fraction of sp³-hybridized carbons (Fsp3) is 0.333. The number of aromatic nitrogens is 5. The third-order valence-corrected chi connectivity index (χ3v) is 3.90. The second-order valence-electron chi connectivity index (χ2n) is 5.47. The van der Waals surface area contributed by atoms with Crippen LogP contribution in [0.1, 0.15) is 17.1 Å². The third-order valence-electron chi connectivity index (χ3n) is 3.90. The van der Waals surface area contributed by atoms with Crippen LogP contribution in [0.5, 0.6) is 0 Å². The Morgan fingerprint density at radius 3 is 2.87 bits per heavy atom. The SMILES string of the molecule is Cc1noc(-c2ccc(N3Cc4cnn(CCO)c4C3)nc2)n1. The maximum Gasteiger partial charge on any atom is 0.259 e. The number of hydrogen-bond donors (Lipinski definition) is 1. The van der Waals surface area contributed by atoms with E-state index in [0.717, 1.165) is 30.2 Å². The van der Waals surface area contributed by atoms with Gasteiger partial charge in [-0.2, -0.15) is 10.1 Å². The molecule has 0 saturated heterocycles. The summed E-state index contributed by atoms with van der Waals surface area (Å²) in [6.45, 7) is 3.90. The van der Waals surface area contributed by atoms with Crippen LogP contribution in [0.25, 0.3) is 11.5 Å². The molecular formula is C15H16N6O2. The van der Waals surface area contributed by atoms with Gasteiger partial charge in [-0.15, -0.1) is 0 Å². The highest BCUT2D eigenvalue weighted by Gasteiger charge is 2.24. The lowest BCUT2D eigenvalue weighted by Gasteiger charge is -2.17. The number of rotatable bonds is 4. The first-order chi connectivity index (χ1) is 11.2. The minimum absolute atomic E-state index is 0.0880. The first-order valence-electron chi connectivity index (χ1n) is 7.40. The molecule has 0 amide bonds. The summed E-state index contributed by atoms with van der Waals surface area (Å²) in [5, 5.41) is 17.2. The van der Waals surface area contributed by atoms with E-state index >= 15 is 0 Å². The van der Waals surface area contributed by atoms with Crippen molar-refractivity contribution in [2.24, 2.45) is 0 Å². The quantitative estimate of drug-likeness (QED) is 0.772. The summed E-state index contributed by atoms with van der Waals surface area (Å²) in [5.41, 5.74) is 3.12. The van der Waals surface area contributed by atoms with Gasteiger partial charge in [0, 0.05) is 18.3 Å². The number of aliphatic hydroxyl groups is 1. The van der Waals surface area contributed by atoms with Crippen LogP contribution in [0.3, 0.4) is 0 Å². The molecule has 1 aliphatic rings. The highest BCUT2D eigenvalue weighted by atomic mass is 16.5. The van der Waals surface area contributed by atoms with Gasteiger partial charge in [0.2, 0.25) is 0 Å². The molecule has 8 heteroatoms. The predicted molar refractivity (Wildman–Crippen MR) is 81.5 cm³/mol. The van der Waals surface area contributed by atoms with E-state index in [4.69, 9.17) is 9.63 Å². The van der Waals surface area contributed by atoms with E-state index in [2.05, 4.69) is 25.1 Å². The van der Waals surface area contributed by atoms with Crippen molar-refractivity contribution >= 4 is 5.82 Å². The maximum absolute atomic E-state index is 9.09. The molecule has 23 heavy (non-hydrogen) atoms. The summed E-state index contributed by atoms with van der Waals surface area (Å²) in [6.07, 6.45) is 3.60. The molecule has 0 bridgehead atoms. The molecular weight excluding hydrogens is 296 g/mol. The van der Waals surface area contributed by atoms with Gasteiger partial charge in [0.05, 0.1) is 37.2 Å². The van der Waals surface area contributed by atoms with E-state index in [1.807, 2.05) is 23.0 Å². The van der Waals surface area contributed by atoms with Gasteiger partial charge < -0.3 is 14.5 Å². The van der Waals surface area contributed by atoms with Gasteiger partial charge in [-0.05, 0) is 19.1 Å². The zero-order chi connectivity index (χ0) is 15.8. The fourth-order valence-electron chi connectivity index (χ4n) is 2.77. The van der Waals surface area contributed by atoms with Crippen LogP contribution in [-0.2, 0) is 19.6 Å². The summed E-state index contributed by atoms with van der Waals surface area (Å²) in [7, 11) is 0. The van der Waals surface area contributed by atoms with Crippen LogP contribution < -0.4 is 4.90 Å². The topological polar surface area (TPSA) is 93.1 Å². The van der Waals surface area contributed by atoms with Gasteiger partial charge >= 0.3 is 0 Å².